The van der Waals surface area contributed by atoms with Crippen LogP contribution < -0.4 is 5.32 Å². The lowest BCUT2D eigenvalue weighted by atomic mass is 10.1. The van der Waals surface area contributed by atoms with Crippen LogP contribution in [0.4, 0.5) is 18.0 Å². The van der Waals surface area contributed by atoms with E-state index in [1.807, 2.05) is 13.8 Å². The Hall–Kier alpha value is -2.51. The highest BCUT2D eigenvalue weighted by Crippen LogP contribution is 2.32. The number of amides is 2. The number of urea groups is 1. The molecule has 28 heavy (non-hydrogen) atoms. The molecule has 0 radical (unpaired) electrons. The molecule has 1 fully saturated rings. The molecule has 3 rings (SSSR count). The van der Waals surface area contributed by atoms with Crippen LogP contribution >= 0.6 is 0 Å². The first kappa shape index (κ1) is 20.2. The Kier molecular flexibility index (Phi) is 5.96. The van der Waals surface area contributed by atoms with E-state index in [-0.39, 0.29) is 30.7 Å². The fraction of sp³-hybridized carbons (Fsp3) is 0.500. The van der Waals surface area contributed by atoms with Gasteiger partial charge in [-0.1, -0.05) is 18.2 Å². The van der Waals surface area contributed by atoms with Crippen LogP contribution in [0.15, 0.2) is 36.7 Å². The van der Waals surface area contributed by atoms with Gasteiger partial charge in [-0.15, -0.1) is 0 Å². The molecule has 0 aliphatic heterocycles. The van der Waals surface area contributed by atoms with Crippen LogP contribution in [-0.4, -0.2) is 33.1 Å². The zero-order chi connectivity index (χ0) is 20.3. The Balaban J connectivity index is 1.78. The first-order chi connectivity index (χ1) is 13.2. The van der Waals surface area contributed by atoms with E-state index in [2.05, 4.69) is 10.3 Å². The van der Waals surface area contributed by atoms with E-state index in [9.17, 15) is 18.0 Å². The minimum absolute atomic E-state index is 0.00705. The van der Waals surface area contributed by atoms with Gasteiger partial charge in [0.25, 0.3) is 0 Å². The molecule has 1 heterocycles. The summed E-state index contributed by atoms with van der Waals surface area (Å²) >= 11 is 0. The quantitative estimate of drug-likeness (QED) is 0.762. The van der Waals surface area contributed by atoms with Gasteiger partial charge in [0.1, 0.15) is 5.82 Å². The van der Waals surface area contributed by atoms with Gasteiger partial charge in [-0.2, -0.15) is 13.2 Å². The number of nitrogens with one attached hydrogen (secondary N) is 1. The summed E-state index contributed by atoms with van der Waals surface area (Å²) in [4.78, 5) is 18.5. The second-order valence-electron chi connectivity index (χ2n) is 7.55. The summed E-state index contributed by atoms with van der Waals surface area (Å²) in [5, 5.41) is 2.89. The Bertz CT molecular complexity index is 812. The zero-order valence-corrected chi connectivity index (χ0v) is 16.0. The molecular formula is C20H25F3N4O. The summed E-state index contributed by atoms with van der Waals surface area (Å²) in [5.74, 6) is 1.06. The molecule has 2 amide bonds. The summed E-state index contributed by atoms with van der Waals surface area (Å²) in [6, 6.07) is 5.37. The van der Waals surface area contributed by atoms with Gasteiger partial charge in [0, 0.05) is 31.5 Å². The number of carbonyl (C=O) groups is 1. The van der Waals surface area contributed by atoms with Crippen molar-refractivity contribution in [3.05, 3.63) is 53.6 Å². The Morgan fingerprint density at radius 3 is 2.68 bits per heavy atom. The average molecular weight is 394 g/mol. The van der Waals surface area contributed by atoms with Gasteiger partial charge < -0.3 is 14.8 Å². The molecule has 1 N–H and O–H groups in total. The van der Waals surface area contributed by atoms with Crippen molar-refractivity contribution < 1.29 is 18.0 Å². The standard InChI is InChI=1S/C20H25F3N4O/c1-14(2)25-19(28)27(11-15-7-8-15)13-18-24-9-10-26(18)12-16-5-3-4-6-17(16)20(21,22)23/h3-6,9-10,14-15H,7-8,11-13H2,1-2H3,(H,25,28). The molecule has 8 heteroatoms. The molecule has 0 atom stereocenters. The van der Waals surface area contributed by atoms with Crippen molar-refractivity contribution in [3.63, 3.8) is 0 Å². The SMILES string of the molecule is CC(C)NC(=O)N(Cc1nccn1Cc1ccccc1C(F)(F)F)CC1CC1. The summed E-state index contributed by atoms with van der Waals surface area (Å²) in [5.41, 5.74) is -0.475. The molecule has 0 unspecified atom stereocenters. The normalized spacial score (nSPS) is 14.4. The van der Waals surface area contributed by atoms with E-state index >= 15 is 0 Å². The number of alkyl halides is 3. The van der Waals surface area contributed by atoms with E-state index in [4.69, 9.17) is 0 Å². The number of carbonyl (C=O) groups excluding carboxylic acids is 1. The van der Waals surface area contributed by atoms with Crippen molar-refractivity contribution in [2.45, 2.75) is 52.0 Å². The first-order valence-electron chi connectivity index (χ1n) is 9.44. The first-order valence-corrected chi connectivity index (χ1v) is 9.44. The zero-order valence-electron chi connectivity index (χ0n) is 16.0. The molecule has 1 aromatic heterocycles. The molecule has 2 aromatic rings. The number of imidazole rings is 1. The number of benzene rings is 1. The summed E-state index contributed by atoms with van der Waals surface area (Å²) < 4.78 is 41.5. The minimum atomic E-state index is -4.41. The summed E-state index contributed by atoms with van der Waals surface area (Å²) in [7, 11) is 0. The summed E-state index contributed by atoms with van der Waals surface area (Å²) in [6.07, 6.45) is 0.990. The van der Waals surface area contributed by atoms with Gasteiger partial charge in [0.05, 0.1) is 12.1 Å². The van der Waals surface area contributed by atoms with Crippen LogP contribution in [0, 0.1) is 5.92 Å². The van der Waals surface area contributed by atoms with Gasteiger partial charge >= 0.3 is 12.2 Å². The van der Waals surface area contributed by atoms with E-state index in [1.54, 1.807) is 27.9 Å². The molecular weight excluding hydrogens is 369 g/mol. The van der Waals surface area contributed by atoms with Crippen LogP contribution in [0.3, 0.4) is 0 Å². The molecule has 1 aliphatic rings. The third-order valence-corrected chi connectivity index (χ3v) is 4.67. The van der Waals surface area contributed by atoms with Crippen molar-refractivity contribution in [1.82, 2.24) is 19.8 Å². The van der Waals surface area contributed by atoms with Crippen molar-refractivity contribution in [3.8, 4) is 0 Å². The Morgan fingerprint density at radius 1 is 1.32 bits per heavy atom. The molecule has 1 aliphatic carbocycles. The monoisotopic (exact) mass is 394 g/mol. The maximum absolute atomic E-state index is 13.3. The lowest BCUT2D eigenvalue weighted by Gasteiger charge is -2.24. The van der Waals surface area contributed by atoms with Gasteiger partial charge in [0.2, 0.25) is 0 Å². The van der Waals surface area contributed by atoms with Crippen molar-refractivity contribution in [2.75, 3.05) is 6.54 Å². The lowest BCUT2D eigenvalue weighted by Crippen LogP contribution is -2.43. The van der Waals surface area contributed by atoms with Crippen molar-refractivity contribution in [1.29, 1.82) is 0 Å². The Morgan fingerprint density at radius 2 is 2.04 bits per heavy atom. The van der Waals surface area contributed by atoms with E-state index in [0.717, 1.165) is 18.9 Å². The van der Waals surface area contributed by atoms with E-state index < -0.39 is 11.7 Å². The molecule has 5 nitrogen and oxygen atoms in total. The number of aromatic nitrogens is 2. The van der Waals surface area contributed by atoms with E-state index in [1.165, 1.54) is 12.1 Å². The van der Waals surface area contributed by atoms with Crippen LogP contribution in [0.1, 0.15) is 43.6 Å². The van der Waals surface area contributed by atoms with Gasteiger partial charge in [-0.25, -0.2) is 9.78 Å². The third-order valence-electron chi connectivity index (χ3n) is 4.67. The molecule has 0 bridgehead atoms. The summed E-state index contributed by atoms with van der Waals surface area (Å²) in [6.45, 7) is 4.72. The second kappa shape index (κ2) is 8.24. The maximum Gasteiger partial charge on any atom is 0.416 e. The highest BCUT2D eigenvalue weighted by Gasteiger charge is 2.33. The number of rotatable bonds is 7. The number of hydrogen-bond donors (Lipinski definition) is 1. The molecule has 1 aromatic carbocycles. The predicted molar refractivity (Wildman–Crippen MR) is 99.6 cm³/mol. The maximum atomic E-state index is 13.3. The van der Waals surface area contributed by atoms with Crippen molar-refractivity contribution >= 4 is 6.03 Å². The highest BCUT2D eigenvalue weighted by molar-refractivity contribution is 5.74. The number of halogens is 3. The number of hydrogen-bond acceptors (Lipinski definition) is 2. The molecule has 0 saturated heterocycles. The minimum Gasteiger partial charge on any atom is -0.336 e. The van der Waals surface area contributed by atoms with Crippen molar-refractivity contribution in [2.24, 2.45) is 5.92 Å². The van der Waals surface area contributed by atoms with Gasteiger partial charge in [-0.05, 0) is 44.2 Å². The third kappa shape index (κ3) is 5.27. The van der Waals surface area contributed by atoms with Crippen LogP contribution in [0.2, 0.25) is 0 Å². The van der Waals surface area contributed by atoms with E-state index in [0.29, 0.717) is 18.3 Å². The average Bonchev–Trinajstić information content (AvgIpc) is 3.32. The number of nitrogens with zero attached hydrogens (tertiary/aromatic N) is 3. The smallest absolute Gasteiger partial charge is 0.336 e. The lowest BCUT2D eigenvalue weighted by molar-refractivity contribution is -0.138. The predicted octanol–water partition coefficient (Wildman–Crippen LogP) is 4.28. The highest BCUT2D eigenvalue weighted by atomic mass is 19.4. The fourth-order valence-electron chi connectivity index (χ4n) is 3.09. The fourth-order valence-corrected chi connectivity index (χ4v) is 3.09. The molecule has 0 spiro atoms. The molecule has 152 valence electrons. The Labute approximate surface area is 162 Å². The van der Waals surface area contributed by atoms with Crippen LogP contribution in [0.25, 0.3) is 0 Å². The van der Waals surface area contributed by atoms with Gasteiger partial charge in [0.15, 0.2) is 0 Å². The molecule has 1 saturated carbocycles. The largest absolute Gasteiger partial charge is 0.416 e. The van der Waals surface area contributed by atoms with Crippen LogP contribution in [0.5, 0.6) is 0 Å². The van der Waals surface area contributed by atoms with Crippen LogP contribution in [-0.2, 0) is 19.3 Å². The topological polar surface area (TPSA) is 50.2 Å². The second-order valence-corrected chi connectivity index (χ2v) is 7.55. The van der Waals surface area contributed by atoms with Gasteiger partial charge in [-0.3, -0.25) is 0 Å².